The van der Waals surface area contributed by atoms with Crippen LogP contribution in [0.4, 0.5) is 4.39 Å². The average Bonchev–Trinajstić information content (AvgIpc) is 2.65. The molecule has 2 rings (SSSR count). The fraction of sp³-hybridized carbons (Fsp3) is 0.0833. The minimum atomic E-state index is -0.339. The molecule has 1 aromatic carbocycles. The van der Waals surface area contributed by atoms with Crippen LogP contribution >= 0.6 is 0 Å². The normalized spacial score (nSPS) is 10.3. The minimum Gasteiger partial charge on any atom is -0.356 e. The Balaban J connectivity index is 2.32. The van der Waals surface area contributed by atoms with Crippen LogP contribution in [0, 0.1) is 12.7 Å². The van der Waals surface area contributed by atoms with Crippen LogP contribution in [0.15, 0.2) is 36.4 Å². The van der Waals surface area contributed by atoms with Crippen molar-refractivity contribution in [3.05, 3.63) is 59.2 Å². The molecule has 0 radical (unpaired) electrons. The zero-order chi connectivity index (χ0) is 10.8. The molecule has 1 aromatic heterocycles. The Morgan fingerprint density at radius 1 is 1.13 bits per heavy atom. The van der Waals surface area contributed by atoms with Crippen molar-refractivity contribution in [1.29, 1.82) is 0 Å². The Morgan fingerprint density at radius 3 is 2.33 bits per heavy atom. The highest BCUT2D eigenvalue weighted by Crippen LogP contribution is 2.10. The molecule has 2 nitrogen and oxygen atoms in total. The molecular weight excluding hydrogens is 193 g/mol. The summed E-state index contributed by atoms with van der Waals surface area (Å²) in [4.78, 5) is 14.8. The van der Waals surface area contributed by atoms with Gasteiger partial charge in [-0.1, -0.05) is 0 Å². The number of hydrogen-bond donors (Lipinski definition) is 1. The van der Waals surface area contributed by atoms with Gasteiger partial charge in [-0.05, 0) is 43.3 Å². The zero-order valence-corrected chi connectivity index (χ0v) is 8.25. The predicted octanol–water partition coefficient (Wildman–Crippen LogP) is 2.69. The summed E-state index contributed by atoms with van der Waals surface area (Å²) >= 11 is 0. The Labute approximate surface area is 86.8 Å². The molecule has 15 heavy (non-hydrogen) atoms. The molecule has 0 fully saturated rings. The Hall–Kier alpha value is -1.90. The summed E-state index contributed by atoms with van der Waals surface area (Å²) in [7, 11) is 0. The van der Waals surface area contributed by atoms with Crippen molar-refractivity contribution >= 4 is 5.78 Å². The van der Waals surface area contributed by atoms with E-state index in [0.717, 1.165) is 5.69 Å². The van der Waals surface area contributed by atoms with E-state index in [9.17, 15) is 9.18 Å². The number of aryl methyl sites for hydroxylation is 1. The molecule has 3 heteroatoms. The molecule has 0 atom stereocenters. The van der Waals surface area contributed by atoms with E-state index in [2.05, 4.69) is 4.98 Å². The summed E-state index contributed by atoms with van der Waals surface area (Å²) in [6.07, 6.45) is 0. The number of ketones is 1. The van der Waals surface area contributed by atoms with Crippen molar-refractivity contribution in [3.63, 3.8) is 0 Å². The summed E-state index contributed by atoms with van der Waals surface area (Å²) in [5, 5.41) is 0. The number of rotatable bonds is 2. The van der Waals surface area contributed by atoms with Crippen LogP contribution in [-0.4, -0.2) is 10.8 Å². The molecule has 0 aliphatic heterocycles. The summed E-state index contributed by atoms with van der Waals surface area (Å²) < 4.78 is 12.6. The SMILES string of the molecule is Cc1ccc(C(=O)c2ccc(F)cc2)[nH]1. The Kier molecular flexibility index (Phi) is 2.37. The molecule has 0 unspecified atom stereocenters. The number of aromatic nitrogens is 1. The lowest BCUT2D eigenvalue weighted by atomic mass is 10.1. The number of aromatic amines is 1. The molecule has 76 valence electrons. The van der Waals surface area contributed by atoms with Crippen LogP contribution in [0.25, 0.3) is 0 Å². The van der Waals surface area contributed by atoms with Gasteiger partial charge in [0.05, 0.1) is 5.69 Å². The third-order valence-electron chi connectivity index (χ3n) is 2.18. The van der Waals surface area contributed by atoms with Gasteiger partial charge in [-0.2, -0.15) is 0 Å². The fourth-order valence-corrected chi connectivity index (χ4v) is 1.39. The van der Waals surface area contributed by atoms with Crippen LogP contribution in [0.2, 0.25) is 0 Å². The molecule has 0 bridgehead atoms. The van der Waals surface area contributed by atoms with Crippen LogP contribution in [0.1, 0.15) is 21.7 Å². The van der Waals surface area contributed by atoms with Crippen LogP contribution in [0.5, 0.6) is 0 Å². The van der Waals surface area contributed by atoms with Gasteiger partial charge in [-0.15, -0.1) is 0 Å². The molecule has 1 heterocycles. The number of hydrogen-bond acceptors (Lipinski definition) is 1. The second-order valence-electron chi connectivity index (χ2n) is 3.39. The highest BCUT2D eigenvalue weighted by Gasteiger charge is 2.09. The third-order valence-corrected chi connectivity index (χ3v) is 2.18. The van der Waals surface area contributed by atoms with E-state index in [-0.39, 0.29) is 11.6 Å². The number of carbonyl (C=O) groups excluding carboxylic acids is 1. The molecular formula is C12H10FNO. The van der Waals surface area contributed by atoms with Crippen molar-refractivity contribution in [2.75, 3.05) is 0 Å². The Bertz CT molecular complexity index is 485. The van der Waals surface area contributed by atoms with Gasteiger partial charge in [0.25, 0.3) is 0 Å². The van der Waals surface area contributed by atoms with Gasteiger partial charge >= 0.3 is 0 Å². The number of nitrogens with one attached hydrogen (secondary N) is 1. The van der Waals surface area contributed by atoms with Gasteiger partial charge < -0.3 is 4.98 Å². The van der Waals surface area contributed by atoms with Crippen LogP contribution < -0.4 is 0 Å². The van der Waals surface area contributed by atoms with Gasteiger partial charge in [0, 0.05) is 11.3 Å². The standard InChI is InChI=1S/C12H10FNO/c1-8-2-7-11(14-8)12(15)9-3-5-10(13)6-4-9/h2-7,14H,1H3. The molecule has 1 N–H and O–H groups in total. The van der Waals surface area contributed by atoms with Crippen LogP contribution in [0.3, 0.4) is 0 Å². The second-order valence-corrected chi connectivity index (χ2v) is 3.39. The molecule has 0 saturated heterocycles. The Morgan fingerprint density at radius 2 is 1.80 bits per heavy atom. The molecule has 0 aliphatic carbocycles. The van der Waals surface area contributed by atoms with Gasteiger partial charge in [0.15, 0.2) is 0 Å². The molecule has 0 amide bonds. The number of carbonyl (C=O) groups is 1. The lowest BCUT2D eigenvalue weighted by molar-refractivity contribution is 0.103. The van der Waals surface area contributed by atoms with Gasteiger partial charge in [0.1, 0.15) is 5.82 Å². The summed E-state index contributed by atoms with van der Waals surface area (Å²) in [5.41, 5.74) is 1.94. The first-order valence-electron chi connectivity index (χ1n) is 4.63. The van der Waals surface area contributed by atoms with E-state index in [1.54, 1.807) is 6.07 Å². The molecule has 2 aromatic rings. The first-order valence-corrected chi connectivity index (χ1v) is 4.63. The average molecular weight is 203 g/mol. The first-order chi connectivity index (χ1) is 7.16. The second kappa shape index (κ2) is 3.69. The maximum atomic E-state index is 12.6. The zero-order valence-electron chi connectivity index (χ0n) is 8.25. The van der Waals surface area contributed by atoms with Crippen molar-refractivity contribution in [1.82, 2.24) is 4.98 Å². The smallest absolute Gasteiger partial charge is 0.209 e. The highest BCUT2D eigenvalue weighted by atomic mass is 19.1. The minimum absolute atomic E-state index is 0.122. The monoisotopic (exact) mass is 203 g/mol. The molecule has 0 spiro atoms. The number of H-pyrrole nitrogens is 1. The summed E-state index contributed by atoms with van der Waals surface area (Å²) in [5.74, 6) is -0.461. The third kappa shape index (κ3) is 1.96. The molecule has 0 aliphatic rings. The summed E-state index contributed by atoms with van der Waals surface area (Å²) in [6.45, 7) is 1.88. The maximum Gasteiger partial charge on any atom is 0.209 e. The fourth-order valence-electron chi connectivity index (χ4n) is 1.39. The first kappa shape index (κ1) is 9.65. The van der Waals surface area contributed by atoms with Crippen molar-refractivity contribution in [2.45, 2.75) is 6.92 Å². The van der Waals surface area contributed by atoms with Gasteiger partial charge in [0.2, 0.25) is 5.78 Å². The van der Waals surface area contributed by atoms with E-state index < -0.39 is 0 Å². The summed E-state index contributed by atoms with van der Waals surface area (Å²) in [6, 6.07) is 9.07. The van der Waals surface area contributed by atoms with E-state index >= 15 is 0 Å². The topological polar surface area (TPSA) is 32.9 Å². The van der Waals surface area contributed by atoms with E-state index in [4.69, 9.17) is 0 Å². The number of benzene rings is 1. The molecule has 0 saturated carbocycles. The lowest BCUT2D eigenvalue weighted by Crippen LogP contribution is -2.01. The number of halogens is 1. The lowest BCUT2D eigenvalue weighted by Gasteiger charge is -1.97. The van der Waals surface area contributed by atoms with E-state index in [0.29, 0.717) is 11.3 Å². The largest absolute Gasteiger partial charge is 0.356 e. The van der Waals surface area contributed by atoms with Crippen molar-refractivity contribution < 1.29 is 9.18 Å². The van der Waals surface area contributed by atoms with E-state index in [1.807, 2.05) is 13.0 Å². The van der Waals surface area contributed by atoms with Crippen molar-refractivity contribution in [3.8, 4) is 0 Å². The van der Waals surface area contributed by atoms with Crippen LogP contribution in [-0.2, 0) is 0 Å². The van der Waals surface area contributed by atoms with Crippen molar-refractivity contribution in [2.24, 2.45) is 0 Å². The van der Waals surface area contributed by atoms with Gasteiger partial charge in [-0.3, -0.25) is 4.79 Å². The maximum absolute atomic E-state index is 12.6. The quantitative estimate of drug-likeness (QED) is 0.748. The predicted molar refractivity (Wildman–Crippen MR) is 55.4 cm³/mol. The highest BCUT2D eigenvalue weighted by molar-refractivity contribution is 6.07. The van der Waals surface area contributed by atoms with E-state index in [1.165, 1.54) is 24.3 Å². The van der Waals surface area contributed by atoms with Gasteiger partial charge in [-0.25, -0.2) is 4.39 Å².